The third-order valence-corrected chi connectivity index (χ3v) is 4.43. The molecule has 0 saturated carbocycles. The third kappa shape index (κ3) is 5.03. The van der Waals surface area contributed by atoms with Crippen molar-refractivity contribution in [3.63, 3.8) is 0 Å². The molecule has 0 atom stereocenters. The molecule has 2 rings (SSSR count). The normalized spacial score (nSPS) is 10.3. The molecule has 0 spiro atoms. The number of hydrogen-bond acceptors (Lipinski definition) is 5. The van der Waals surface area contributed by atoms with E-state index in [4.69, 9.17) is 0 Å². The first-order valence-electron chi connectivity index (χ1n) is 7.48. The fourth-order valence-corrected chi connectivity index (χ4v) is 2.83. The van der Waals surface area contributed by atoms with Gasteiger partial charge in [0.2, 0.25) is 5.91 Å². The van der Waals surface area contributed by atoms with E-state index < -0.39 is 16.6 Å². The van der Waals surface area contributed by atoms with Gasteiger partial charge in [0.25, 0.3) is 11.6 Å². The van der Waals surface area contributed by atoms with Crippen molar-refractivity contribution in [2.24, 2.45) is 0 Å². The molecule has 2 aromatic rings. The molecule has 0 saturated heterocycles. The largest absolute Gasteiger partial charge is 0.347 e. The number of hydrogen-bond donors (Lipinski definition) is 1. The average molecular weight is 377 g/mol. The molecule has 136 valence electrons. The van der Waals surface area contributed by atoms with Crippen molar-refractivity contribution >= 4 is 29.3 Å². The van der Waals surface area contributed by atoms with Crippen molar-refractivity contribution < 1.29 is 18.9 Å². The summed E-state index contributed by atoms with van der Waals surface area (Å²) in [5.74, 6) is -1.28. The van der Waals surface area contributed by atoms with Crippen molar-refractivity contribution in [2.75, 3.05) is 20.6 Å². The van der Waals surface area contributed by atoms with E-state index in [0.717, 1.165) is 17.8 Å². The van der Waals surface area contributed by atoms with Crippen LogP contribution in [0.2, 0.25) is 0 Å². The molecular weight excluding hydrogens is 361 g/mol. The molecule has 1 N–H and O–H groups in total. The number of amides is 2. The molecule has 26 heavy (non-hydrogen) atoms. The Morgan fingerprint density at radius 1 is 1.19 bits per heavy atom. The summed E-state index contributed by atoms with van der Waals surface area (Å²) in [6.45, 7) is -0.203. The van der Waals surface area contributed by atoms with Gasteiger partial charge in [0.15, 0.2) is 0 Å². The van der Waals surface area contributed by atoms with E-state index in [-0.39, 0.29) is 23.7 Å². The van der Waals surface area contributed by atoms with Gasteiger partial charge in [-0.1, -0.05) is 11.8 Å². The third-order valence-electron chi connectivity index (χ3n) is 3.36. The first-order chi connectivity index (χ1) is 12.3. The molecule has 0 unspecified atom stereocenters. The van der Waals surface area contributed by atoms with Crippen LogP contribution in [0.4, 0.5) is 10.1 Å². The Balaban J connectivity index is 2.19. The van der Waals surface area contributed by atoms with Crippen LogP contribution in [-0.2, 0) is 4.79 Å². The highest BCUT2D eigenvalue weighted by atomic mass is 32.2. The lowest BCUT2D eigenvalue weighted by atomic mass is 10.2. The van der Waals surface area contributed by atoms with E-state index in [1.165, 1.54) is 41.3 Å². The minimum absolute atomic E-state index is 0.0757. The van der Waals surface area contributed by atoms with Crippen LogP contribution in [0.25, 0.3) is 0 Å². The first kappa shape index (κ1) is 19.4. The predicted molar refractivity (Wildman–Crippen MR) is 94.6 cm³/mol. The summed E-state index contributed by atoms with van der Waals surface area (Å²) >= 11 is 1.09. The molecule has 0 aliphatic heterocycles. The van der Waals surface area contributed by atoms with Crippen LogP contribution in [0.1, 0.15) is 10.4 Å². The van der Waals surface area contributed by atoms with E-state index in [1.54, 1.807) is 14.1 Å². The fourth-order valence-electron chi connectivity index (χ4n) is 1.93. The second kappa shape index (κ2) is 8.43. The zero-order valence-corrected chi connectivity index (χ0v) is 14.9. The van der Waals surface area contributed by atoms with Gasteiger partial charge in [0, 0.05) is 30.6 Å². The van der Waals surface area contributed by atoms with Gasteiger partial charge >= 0.3 is 0 Å². The topological polar surface area (TPSA) is 92.6 Å². The van der Waals surface area contributed by atoms with Crippen LogP contribution < -0.4 is 5.32 Å². The Bertz CT molecular complexity index is 840. The molecule has 0 heterocycles. The second-order valence-electron chi connectivity index (χ2n) is 5.47. The van der Waals surface area contributed by atoms with Gasteiger partial charge in [0.05, 0.1) is 16.4 Å². The second-order valence-corrected chi connectivity index (χ2v) is 6.58. The zero-order chi connectivity index (χ0) is 19.3. The molecule has 2 aromatic carbocycles. The number of nitrogens with one attached hydrogen (secondary N) is 1. The van der Waals surface area contributed by atoms with Crippen LogP contribution in [0.15, 0.2) is 52.3 Å². The van der Waals surface area contributed by atoms with Gasteiger partial charge < -0.3 is 10.2 Å². The lowest BCUT2D eigenvalue weighted by molar-refractivity contribution is -0.387. The molecule has 0 fully saturated rings. The van der Waals surface area contributed by atoms with Crippen molar-refractivity contribution in [3.8, 4) is 0 Å². The molecule has 0 aliphatic carbocycles. The quantitative estimate of drug-likeness (QED) is 0.617. The van der Waals surface area contributed by atoms with Crippen molar-refractivity contribution in [1.82, 2.24) is 10.2 Å². The van der Waals surface area contributed by atoms with Gasteiger partial charge in [0.1, 0.15) is 5.82 Å². The van der Waals surface area contributed by atoms with E-state index in [1.807, 2.05) is 0 Å². The number of likely N-dealkylation sites (N-methyl/N-ethyl adjacent to an activating group) is 1. The first-order valence-corrected chi connectivity index (χ1v) is 8.30. The molecule has 9 heteroatoms. The Morgan fingerprint density at radius 3 is 2.42 bits per heavy atom. The number of benzene rings is 2. The van der Waals surface area contributed by atoms with Gasteiger partial charge in [-0.15, -0.1) is 0 Å². The highest BCUT2D eigenvalue weighted by Gasteiger charge is 2.19. The molecule has 7 nitrogen and oxygen atoms in total. The van der Waals surface area contributed by atoms with Crippen molar-refractivity contribution in [2.45, 2.75) is 9.79 Å². The number of nitro groups is 1. The Labute approximate surface area is 153 Å². The van der Waals surface area contributed by atoms with Gasteiger partial charge in [-0.2, -0.15) is 0 Å². The van der Waals surface area contributed by atoms with Crippen molar-refractivity contribution in [1.29, 1.82) is 0 Å². The van der Waals surface area contributed by atoms with E-state index in [9.17, 15) is 24.1 Å². The summed E-state index contributed by atoms with van der Waals surface area (Å²) in [7, 11) is 3.11. The van der Waals surface area contributed by atoms with E-state index in [2.05, 4.69) is 5.32 Å². The molecule has 0 radical (unpaired) electrons. The number of halogens is 1. The number of rotatable bonds is 6. The van der Waals surface area contributed by atoms with Crippen LogP contribution in [-0.4, -0.2) is 42.3 Å². The Hall–Kier alpha value is -2.94. The number of nitro benzene ring substituents is 1. The van der Waals surface area contributed by atoms with Crippen LogP contribution in [0.5, 0.6) is 0 Å². The molecule has 0 aromatic heterocycles. The van der Waals surface area contributed by atoms with Crippen molar-refractivity contribution in [3.05, 3.63) is 64.0 Å². The SMILES string of the molecule is CN(C)C(=O)CNC(=O)c1ccc(Sc2ccc(F)cc2)c([N+](=O)[O-])c1. The smallest absolute Gasteiger partial charge is 0.284 e. The van der Waals surface area contributed by atoms with E-state index in [0.29, 0.717) is 9.79 Å². The highest BCUT2D eigenvalue weighted by Crippen LogP contribution is 2.35. The lowest BCUT2D eigenvalue weighted by Gasteiger charge is -2.11. The molecule has 0 aliphatic rings. The maximum Gasteiger partial charge on any atom is 0.284 e. The summed E-state index contributed by atoms with van der Waals surface area (Å²) in [4.78, 5) is 36.6. The summed E-state index contributed by atoms with van der Waals surface area (Å²) in [6.07, 6.45) is 0. The summed E-state index contributed by atoms with van der Waals surface area (Å²) in [6, 6.07) is 9.59. The average Bonchev–Trinajstić information content (AvgIpc) is 2.61. The summed E-state index contributed by atoms with van der Waals surface area (Å²) in [5.41, 5.74) is -0.169. The Kier molecular flexibility index (Phi) is 6.29. The fraction of sp³-hybridized carbons (Fsp3) is 0.176. The molecule has 2 amide bonds. The summed E-state index contributed by atoms with van der Waals surface area (Å²) < 4.78 is 13.0. The van der Waals surface area contributed by atoms with Crippen LogP contribution in [0.3, 0.4) is 0 Å². The molecule has 0 bridgehead atoms. The minimum Gasteiger partial charge on any atom is -0.347 e. The zero-order valence-electron chi connectivity index (χ0n) is 14.1. The van der Waals surface area contributed by atoms with Crippen LogP contribution >= 0.6 is 11.8 Å². The van der Waals surface area contributed by atoms with Gasteiger partial charge in [-0.05, 0) is 36.4 Å². The number of nitrogens with zero attached hydrogens (tertiary/aromatic N) is 2. The summed E-state index contributed by atoms with van der Waals surface area (Å²) in [5, 5.41) is 13.8. The number of carbonyl (C=O) groups is 2. The maximum absolute atomic E-state index is 13.0. The standard InChI is InChI=1S/C17H16FN3O4S/c1-20(2)16(22)10-19-17(23)11-3-8-15(14(9-11)21(24)25)26-13-6-4-12(18)5-7-13/h3-9H,10H2,1-2H3,(H,19,23). The van der Waals surface area contributed by atoms with E-state index >= 15 is 0 Å². The highest BCUT2D eigenvalue weighted by molar-refractivity contribution is 7.99. The monoisotopic (exact) mass is 377 g/mol. The molecular formula is C17H16FN3O4S. The van der Waals surface area contributed by atoms with Gasteiger partial charge in [-0.3, -0.25) is 19.7 Å². The predicted octanol–water partition coefficient (Wildman–Crippen LogP) is 2.70. The number of carbonyl (C=O) groups excluding carboxylic acids is 2. The maximum atomic E-state index is 13.0. The van der Waals surface area contributed by atoms with Crippen LogP contribution in [0, 0.1) is 15.9 Å². The minimum atomic E-state index is -0.590. The van der Waals surface area contributed by atoms with Gasteiger partial charge in [-0.25, -0.2) is 4.39 Å². The Morgan fingerprint density at radius 2 is 1.85 bits per heavy atom. The lowest BCUT2D eigenvalue weighted by Crippen LogP contribution is -2.36.